The summed E-state index contributed by atoms with van der Waals surface area (Å²) in [6.07, 6.45) is 10.5. The van der Waals surface area contributed by atoms with Crippen molar-refractivity contribution in [2.45, 2.75) is 78.4 Å². The molecule has 3 aromatic carbocycles. The fourth-order valence-corrected chi connectivity index (χ4v) is 14.8. The van der Waals surface area contributed by atoms with Crippen molar-refractivity contribution < 1.29 is 4.43 Å². The minimum atomic E-state index is -2.67. The number of rotatable bonds is 13. The summed E-state index contributed by atoms with van der Waals surface area (Å²) in [6.45, 7) is 16.8. The van der Waals surface area contributed by atoms with Crippen LogP contribution < -0.4 is 15.9 Å². The van der Waals surface area contributed by atoms with Gasteiger partial charge >= 0.3 is 222 Å². The molecule has 0 heterocycles. The minimum absolute atomic E-state index is 0.255. The van der Waals surface area contributed by atoms with Gasteiger partial charge in [0.1, 0.15) is 0 Å². The molecule has 0 bridgehead atoms. The molecule has 0 unspecified atom stereocenters. The SMILES string of the molecule is C/C(=C\CCCP(I)(c1ccccc1)(c1ccccc1)c1ccccc1)CC/C=C(\C)CO[Si](C)(C)C(C)(C)C. The zero-order chi connectivity index (χ0) is 29.3. The molecule has 0 N–H and O–H groups in total. The van der Waals surface area contributed by atoms with Crippen LogP contribution in [0.15, 0.2) is 114 Å². The van der Waals surface area contributed by atoms with Gasteiger partial charge < -0.3 is 0 Å². The molecular weight excluding hydrogens is 634 g/mol. The van der Waals surface area contributed by atoms with Crippen molar-refractivity contribution in [3.8, 4) is 0 Å². The normalized spacial score (nSPS) is 14.6. The van der Waals surface area contributed by atoms with Crippen molar-refractivity contribution in [1.82, 2.24) is 0 Å². The Morgan fingerprint density at radius 3 is 1.57 bits per heavy atom. The van der Waals surface area contributed by atoms with Crippen LogP contribution in [0.1, 0.15) is 60.3 Å². The first-order valence-corrected chi connectivity index (χ1v) is 22.8. The van der Waals surface area contributed by atoms with Crippen LogP contribution >= 0.6 is 26.3 Å². The smallest absolute Gasteiger partial charge is 0.0604 e. The quantitative estimate of drug-likeness (QED) is 0.0573. The summed E-state index contributed by atoms with van der Waals surface area (Å²) in [5, 5.41) is 4.65. The van der Waals surface area contributed by atoms with Gasteiger partial charge in [0.15, 0.2) is 0 Å². The number of hydrogen-bond acceptors (Lipinski definition) is 1. The van der Waals surface area contributed by atoms with E-state index in [0.717, 1.165) is 38.5 Å². The third-order valence-electron chi connectivity index (χ3n) is 8.66. The van der Waals surface area contributed by atoms with E-state index < -0.39 is 12.6 Å². The predicted octanol–water partition coefficient (Wildman–Crippen LogP) is 10.3. The molecule has 1 nitrogen and oxygen atoms in total. The molecule has 0 aliphatic carbocycles. The predicted molar refractivity (Wildman–Crippen MR) is 193 cm³/mol. The number of hydrogen-bond donors (Lipinski definition) is 0. The first kappa shape index (κ1) is 33.0. The third-order valence-corrected chi connectivity index (χ3v) is 24.9. The summed E-state index contributed by atoms with van der Waals surface area (Å²) in [4.78, 5) is 0. The summed E-state index contributed by atoms with van der Waals surface area (Å²) >= 11 is 2.90. The van der Waals surface area contributed by atoms with Crippen LogP contribution in [0, 0.1) is 0 Å². The molecule has 40 heavy (non-hydrogen) atoms. The van der Waals surface area contributed by atoms with Crippen molar-refractivity contribution in [1.29, 1.82) is 0 Å². The Morgan fingerprint density at radius 2 is 1.15 bits per heavy atom. The van der Waals surface area contributed by atoms with Gasteiger partial charge in [-0.05, 0) is 18.1 Å². The van der Waals surface area contributed by atoms with E-state index >= 15 is 0 Å². The van der Waals surface area contributed by atoms with Gasteiger partial charge in [0, 0.05) is 0 Å². The van der Waals surface area contributed by atoms with Crippen LogP contribution in [0.4, 0.5) is 0 Å². The van der Waals surface area contributed by atoms with Gasteiger partial charge in [-0.1, -0.05) is 20.8 Å². The van der Waals surface area contributed by atoms with Gasteiger partial charge in [0.05, 0.1) is 0 Å². The van der Waals surface area contributed by atoms with Crippen molar-refractivity contribution in [3.63, 3.8) is 0 Å². The molecule has 0 saturated carbocycles. The van der Waals surface area contributed by atoms with Crippen molar-refractivity contribution in [3.05, 3.63) is 114 Å². The van der Waals surface area contributed by atoms with E-state index in [0.29, 0.717) is 0 Å². The number of unbranched alkanes of at least 4 members (excludes halogenated alkanes) is 1. The van der Waals surface area contributed by atoms with Gasteiger partial charge in [0.2, 0.25) is 0 Å². The molecule has 0 aliphatic rings. The Balaban J connectivity index is 1.72. The molecule has 0 spiro atoms. The Morgan fingerprint density at radius 1 is 0.725 bits per heavy atom. The van der Waals surface area contributed by atoms with E-state index in [4.69, 9.17) is 4.43 Å². The summed E-state index contributed by atoms with van der Waals surface area (Å²) in [7, 11) is -1.70. The second kappa shape index (κ2) is 14.1. The fraction of sp³-hybridized carbons (Fsp3) is 0.389. The third kappa shape index (κ3) is 7.85. The second-order valence-corrected chi connectivity index (χ2v) is 28.3. The monoisotopic (exact) mass is 684 g/mol. The number of halogens is 1. The Labute approximate surface area is 259 Å². The Hall–Kier alpha value is -1.52. The van der Waals surface area contributed by atoms with Gasteiger partial charge in [-0.15, -0.1) is 0 Å². The van der Waals surface area contributed by atoms with Crippen LogP contribution in [-0.2, 0) is 4.43 Å². The maximum absolute atomic E-state index is 6.40. The molecule has 0 aliphatic heterocycles. The minimum Gasteiger partial charge on any atom is -0.0604 e. The molecular formula is C36H50IOPSi. The number of benzene rings is 3. The average Bonchev–Trinajstić information content (AvgIpc) is 2.95. The molecule has 0 atom stereocenters. The zero-order valence-electron chi connectivity index (χ0n) is 25.8. The van der Waals surface area contributed by atoms with E-state index in [9.17, 15) is 0 Å². The summed E-state index contributed by atoms with van der Waals surface area (Å²) in [5.41, 5.74) is 2.84. The van der Waals surface area contributed by atoms with Crippen LogP contribution in [0.5, 0.6) is 0 Å². The van der Waals surface area contributed by atoms with Gasteiger partial charge in [-0.2, -0.15) is 0 Å². The van der Waals surface area contributed by atoms with E-state index in [-0.39, 0.29) is 5.04 Å². The van der Waals surface area contributed by atoms with E-state index in [1.54, 1.807) is 0 Å². The average molecular weight is 685 g/mol. The van der Waals surface area contributed by atoms with Crippen LogP contribution in [-0.4, -0.2) is 21.1 Å². The standard InChI is InChI=1S/C36H50IOPSi/c1-31(21-19-22-32(2)30-38-40(6,7)36(3,4)5)20-17-18-29-39(37,33-23-11-8-12-24-33,34-25-13-9-14-26-34)35-27-15-10-16-28-35/h8-16,20,22-28H,17-19,21,29-30H2,1-7H3/b31-20+,32-22+. The van der Waals surface area contributed by atoms with Crippen molar-refractivity contribution in [2.75, 3.05) is 12.8 Å². The van der Waals surface area contributed by atoms with Crippen molar-refractivity contribution >= 4 is 50.5 Å². The first-order valence-electron chi connectivity index (χ1n) is 14.7. The second-order valence-electron chi connectivity index (χ2n) is 12.7. The fourth-order valence-electron chi connectivity index (χ4n) is 5.01. The molecule has 3 aromatic rings. The van der Waals surface area contributed by atoms with Gasteiger partial charge in [0.25, 0.3) is 0 Å². The summed E-state index contributed by atoms with van der Waals surface area (Å²) < 4.78 is 3.73. The van der Waals surface area contributed by atoms with E-state index in [1.807, 2.05) is 0 Å². The molecule has 4 heteroatoms. The topological polar surface area (TPSA) is 9.23 Å². The maximum atomic E-state index is 6.40. The molecule has 0 amide bonds. The molecule has 3 rings (SSSR count). The number of allylic oxidation sites excluding steroid dienone is 3. The first-order chi connectivity index (χ1) is 18.9. The molecule has 216 valence electrons. The van der Waals surface area contributed by atoms with Crippen LogP contribution in [0.3, 0.4) is 0 Å². The van der Waals surface area contributed by atoms with Crippen molar-refractivity contribution in [2.24, 2.45) is 0 Å². The summed E-state index contributed by atoms with van der Waals surface area (Å²) in [5.74, 6) is 0. The van der Waals surface area contributed by atoms with Gasteiger partial charge in [-0.25, -0.2) is 0 Å². The molecule has 0 saturated heterocycles. The van der Waals surface area contributed by atoms with Crippen LogP contribution in [0.25, 0.3) is 0 Å². The van der Waals surface area contributed by atoms with E-state index in [1.165, 1.54) is 27.1 Å². The molecule has 0 aromatic heterocycles. The van der Waals surface area contributed by atoms with E-state index in [2.05, 4.69) is 173 Å². The Kier molecular flexibility index (Phi) is 11.6. The van der Waals surface area contributed by atoms with Crippen LogP contribution in [0.2, 0.25) is 18.1 Å². The molecule has 0 radical (unpaired) electrons. The summed E-state index contributed by atoms with van der Waals surface area (Å²) in [6, 6.07) is 33.8. The zero-order valence-corrected chi connectivity index (χ0v) is 29.8. The molecule has 0 fully saturated rings. The van der Waals surface area contributed by atoms with Gasteiger partial charge in [-0.3, -0.25) is 0 Å². The Bertz CT molecular complexity index is 1160.